The van der Waals surface area contributed by atoms with Crippen LogP contribution in [0.15, 0.2) is 24.3 Å². The van der Waals surface area contributed by atoms with Crippen molar-refractivity contribution in [3.63, 3.8) is 0 Å². The van der Waals surface area contributed by atoms with Crippen molar-refractivity contribution in [2.45, 2.75) is 13.3 Å². The summed E-state index contributed by atoms with van der Waals surface area (Å²) in [7, 11) is 0. The Kier molecular flexibility index (Phi) is 4.47. The van der Waals surface area contributed by atoms with Crippen LogP contribution in [0.4, 0.5) is 5.69 Å². The van der Waals surface area contributed by atoms with Crippen molar-refractivity contribution >= 4 is 34.2 Å². The molecule has 72 valence electrons. The number of hydrogen-bond acceptors (Lipinski definition) is 1. The molecule has 3 heteroatoms. The molecule has 2 nitrogen and oxygen atoms in total. The summed E-state index contributed by atoms with van der Waals surface area (Å²) in [6, 6.07) is 7.59. The average Bonchev–Trinajstić information content (AvgIpc) is 2.18. The lowest BCUT2D eigenvalue weighted by Crippen LogP contribution is -2.09. The molecule has 1 aromatic rings. The van der Waals surface area contributed by atoms with Gasteiger partial charge >= 0.3 is 0 Å². The molecule has 1 N–H and O–H groups in total. The number of amides is 1. The molecule has 0 heterocycles. The summed E-state index contributed by atoms with van der Waals surface area (Å²) >= 11 is 2.17. The first-order valence-electron chi connectivity index (χ1n) is 4.28. The monoisotopic (exact) mass is 299 g/mol. The van der Waals surface area contributed by atoms with Crippen molar-refractivity contribution in [1.82, 2.24) is 0 Å². The van der Waals surface area contributed by atoms with Crippen LogP contribution in [-0.2, 0) is 4.79 Å². The van der Waals surface area contributed by atoms with Gasteiger partial charge in [-0.1, -0.05) is 25.0 Å². The van der Waals surface area contributed by atoms with Crippen molar-refractivity contribution < 1.29 is 4.79 Å². The first-order chi connectivity index (χ1) is 6.74. The van der Waals surface area contributed by atoms with E-state index in [4.69, 9.17) is 0 Å². The molecule has 0 fully saturated rings. The third kappa shape index (κ3) is 3.38. The summed E-state index contributed by atoms with van der Waals surface area (Å²) in [6.45, 7) is 1.91. The third-order valence-corrected chi connectivity index (χ3v) is 2.44. The molecule has 0 spiro atoms. The van der Waals surface area contributed by atoms with Crippen LogP contribution in [0.3, 0.4) is 0 Å². The van der Waals surface area contributed by atoms with Crippen LogP contribution in [0.2, 0.25) is 0 Å². The summed E-state index contributed by atoms with van der Waals surface area (Å²) in [5, 5.41) is 2.72. The molecule has 0 saturated heterocycles. The second-order valence-electron chi connectivity index (χ2n) is 2.59. The number of hydrogen-bond donors (Lipinski definition) is 1. The highest BCUT2D eigenvalue weighted by atomic mass is 127. The molecule has 0 aliphatic carbocycles. The normalized spacial score (nSPS) is 8.71. The number of benzene rings is 1. The Hall–Kier alpha value is -1.02. The van der Waals surface area contributed by atoms with Gasteiger partial charge in [0.25, 0.3) is 5.91 Å². The van der Waals surface area contributed by atoms with Crippen molar-refractivity contribution in [2.24, 2.45) is 0 Å². The van der Waals surface area contributed by atoms with Crippen LogP contribution in [-0.4, -0.2) is 5.91 Å². The predicted octanol–water partition coefficient (Wildman–Crippen LogP) is 2.64. The van der Waals surface area contributed by atoms with E-state index in [1.54, 1.807) is 0 Å². The van der Waals surface area contributed by atoms with E-state index < -0.39 is 0 Å². The SMILES string of the molecule is CCC#CC(=O)Nc1ccccc1I. The zero-order valence-corrected chi connectivity index (χ0v) is 9.96. The van der Waals surface area contributed by atoms with Crippen LogP contribution in [0.25, 0.3) is 0 Å². The van der Waals surface area contributed by atoms with Gasteiger partial charge in [-0.05, 0) is 40.6 Å². The van der Waals surface area contributed by atoms with Crippen LogP contribution in [0.5, 0.6) is 0 Å². The molecule has 0 bridgehead atoms. The fourth-order valence-electron chi connectivity index (χ4n) is 0.885. The largest absolute Gasteiger partial charge is 0.314 e. The van der Waals surface area contributed by atoms with E-state index in [2.05, 4.69) is 39.7 Å². The second-order valence-corrected chi connectivity index (χ2v) is 3.75. The highest BCUT2D eigenvalue weighted by Crippen LogP contribution is 2.16. The number of rotatable bonds is 1. The topological polar surface area (TPSA) is 29.1 Å². The molecular formula is C11H10INO. The van der Waals surface area contributed by atoms with Gasteiger partial charge < -0.3 is 5.32 Å². The Morgan fingerprint density at radius 3 is 2.86 bits per heavy atom. The minimum Gasteiger partial charge on any atom is -0.314 e. The summed E-state index contributed by atoms with van der Waals surface area (Å²) in [4.78, 5) is 11.2. The van der Waals surface area contributed by atoms with Gasteiger partial charge in [0, 0.05) is 9.99 Å². The first-order valence-corrected chi connectivity index (χ1v) is 5.36. The fourth-order valence-corrected chi connectivity index (χ4v) is 1.41. The molecule has 0 atom stereocenters. The lowest BCUT2D eigenvalue weighted by molar-refractivity contribution is -0.111. The van der Waals surface area contributed by atoms with Gasteiger partial charge in [-0.2, -0.15) is 0 Å². The summed E-state index contributed by atoms with van der Waals surface area (Å²) in [5.41, 5.74) is 0.809. The molecule has 14 heavy (non-hydrogen) atoms. The predicted molar refractivity (Wildman–Crippen MR) is 65.9 cm³/mol. The zero-order valence-electron chi connectivity index (χ0n) is 7.80. The lowest BCUT2D eigenvalue weighted by Gasteiger charge is -2.02. The molecule has 0 radical (unpaired) electrons. The van der Waals surface area contributed by atoms with Gasteiger partial charge in [0.05, 0.1) is 5.69 Å². The molecule has 1 aromatic carbocycles. The molecule has 0 unspecified atom stereocenters. The van der Waals surface area contributed by atoms with E-state index in [9.17, 15) is 4.79 Å². The maximum atomic E-state index is 11.2. The molecule has 1 amide bonds. The molecule has 0 aliphatic rings. The Balaban J connectivity index is 2.70. The summed E-state index contributed by atoms with van der Waals surface area (Å²) < 4.78 is 1.01. The van der Waals surface area contributed by atoms with Gasteiger partial charge in [0.15, 0.2) is 0 Å². The van der Waals surface area contributed by atoms with Gasteiger partial charge in [-0.3, -0.25) is 4.79 Å². The first kappa shape index (κ1) is 11.1. The van der Waals surface area contributed by atoms with E-state index in [1.165, 1.54) is 0 Å². The maximum absolute atomic E-state index is 11.2. The van der Waals surface area contributed by atoms with Crippen molar-refractivity contribution in [2.75, 3.05) is 5.32 Å². The van der Waals surface area contributed by atoms with E-state index in [1.807, 2.05) is 31.2 Å². The average molecular weight is 299 g/mol. The van der Waals surface area contributed by atoms with Crippen LogP contribution >= 0.6 is 22.6 Å². The number of halogens is 1. The van der Waals surface area contributed by atoms with E-state index in [-0.39, 0.29) is 5.91 Å². The smallest absolute Gasteiger partial charge is 0.300 e. The molecule has 0 saturated carbocycles. The van der Waals surface area contributed by atoms with Crippen molar-refractivity contribution in [3.8, 4) is 11.8 Å². The van der Waals surface area contributed by atoms with Crippen LogP contribution in [0, 0.1) is 15.4 Å². The molecule has 0 aliphatic heterocycles. The number of nitrogens with one attached hydrogen (secondary N) is 1. The Morgan fingerprint density at radius 1 is 1.50 bits per heavy atom. The second kappa shape index (κ2) is 5.66. The van der Waals surface area contributed by atoms with E-state index in [0.717, 1.165) is 9.26 Å². The Morgan fingerprint density at radius 2 is 2.21 bits per heavy atom. The van der Waals surface area contributed by atoms with Crippen molar-refractivity contribution in [1.29, 1.82) is 0 Å². The van der Waals surface area contributed by atoms with Gasteiger partial charge in [-0.15, -0.1) is 0 Å². The van der Waals surface area contributed by atoms with E-state index >= 15 is 0 Å². The highest BCUT2D eigenvalue weighted by Gasteiger charge is 2.00. The van der Waals surface area contributed by atoms with Crippen LogP contribution in [0.1, 0.15) is 13.3 Å². The van der Waals surface area contributed by atoms with Crippen molar-refractivity contribution in [3.05, 3.63) is 27.8 Å². The van der Waals surface area contributed by atoms with Gasteiger partial charge in [0.2, 0.25) is 0 Å². The standard InChI is InChI=1S/C11H10INO/c1-2-3-8-11(14)13-10-7-5-4-6-9(10)12/h4-7H,2H2,1H3,(H,13,14). The summed E-state index contributed by atoms with van der Waals surface area (Å²) in [6.07, 6.45) is 0.694. The summed E-state index contributed by atoms with van der Waals surface area (Å²) in [5.74, 6) is 4.97. The van der Waals surface area contributed by atoms with Crippen LogP contribution < -0.4 is 5.32 Å². The number of carbonyl (C=O) groups excluding carboxylic acids is 1. The minimum atomic E-state index is -0.254. The minimum absolute atomic E-state index is 0.254. The van der Waals surface area contributed by atoms with Gasteiger partial charge in [-0.25, -0.2) is 0 Å². The van der Waals surface area contributed by atoms with Gasteiger partial charge in [0.1, 0.15) is 0 Å². The Bertz CT molecular complexity index is 390. The number of anilines is 1. The Labute approximate surface area is 97.2 Å². The molecule has 1 rings (SSSR count). The highest BCUT2D eigenvalue weighted by molar-refractivity contribution is 14.1. The molecule has 0 aromatic heterocycles. The number of carbonyl (C=O) groups is 1. The molecular weight excluding hydrogens is 289 g/mol. The lowest BCUT2D eigenvalue weighted by atomic mass is 10.3. The number of para-hydroxylation sites is 1. The maximum Gasteiger partial charge on any atom is 0.300 e. The zero-order chi connectivity index (χ0) is 10.4. The quantitative estimate of drug-likeness (QED) is 0.627. The van der Waals surface area contributed by atoms with E-state index in [0.29, 0.717) is 6.42 Å². The fraction of sp³-hybridized carbons (Fsp3) is 0.182. The third-order valence-electron chi connectivity index (χ3n) is 1.50.